The number of hydrogen-bond acceptors (Lipinski definition) is 7. The van der Waals surface area contributed by atoms with Gasteiger partial charge < -0.3 is 9.84 Å². The molecule has 2 saturated heterocycles. The van der Waals surface area contributed by atoms with Crippen LogP contribution < -0.4 is 4.72 Å². The number of hydrogen-bond donors (Lipinski definition) is 2. The van der Waals surface area contributed by atoms with Crippen LogP contribution in [0.2, 0.25) is 0 Å². The third-order valence-electron chi connectivity index (χ3n) is 4.36. The van der Waals surface area contributed by atoms with Crippen LogP contribution in [0.1, 0.15) is 5.01 Å². The highest BCUT2D eigenvalue weighted by Crippen LogP contribution is 2.41. The van der Waals surface area contributed by atoms with Crippen LogP contribution in [0.5, 0.6) is 0 Å². The molecule has 27 heavy (non-hydrogen) atoms. The summed E-state index contributed by atoms with van der Waals surface area (Å²) in [6, 6.07) is 0. The van der Waals surface area contributed by atoms with Gasteiger partial charge in [0.2, 0.25) is 10.0 Å². The van der Waals surface area contributed by atoms with Crippen molar-refractivity contribution in [2.45, 2.75) is 12.7 Å². The second-order valence-corrected chi connectivity index (χ2v) is 9.38. The molecule has 0 unspecified atom stereocenters. The summed E-state index contributed by atoms with van der Waals surface area (Å²) in [6.45, 7) is 4.47. The number of halogens is 3. The van der Waals surface area contributed by atoms with Crippen LogP contribution in [-0.4, -0.2) is 74.7 Å². The van der Waals surface area contributed by atoms with Crippen molar-refractivity contribution >= 4 is 27.3 Å². The van der Waals surface area contributed by atoms with Crippen molar-refractivity contribution in [1.29, 1.82) is 0 Å². The first-order chi connectivity index (χ1) is 12.4. The topological polar surface area (TPSA) is 109 Å². The van der Waals surface area contributed by atoms with Gasteiger partial charge in [0.05, 0.1) is 26.0 Å². The molecular formula is C14H20F3N3O5S2. The van der Waals surface area contributed by atoms with Gasteiger partial charge in [-0.15, -0.1) is 11.3 Å². The van der Waals surface area contributed by atoms with Crippen LogP contribution >= 0.6 is 11.3 Å². The smallest absolute Gasteiger partial charge is 0.475 e. The van der Waals surface area contributed by atoms with E-state index in [1.54, 1.807) is 11.3 Å². The molecule has 3 rings (SSSR count). The Morgan fingerprint density at radius 2 is 2.22 bits per heavy atom. The average molecular weight is 431 g/mol. The molecule has 0 aliphatic carbocycles. The zero-order chi connectivity index (χ0) is 20.3. The van der Waals surface area contributed by atoms with Gasteiger partial charge in [0.1, 0.15) is 5.01 Å². The minimum absolute atomic E-state index is 0.0830. The molecule has 2 aliphatic heterocycles. The molecule has 8 nitrogen and oxygen atoms in total. The molecule has 3 heterocycles. The number of aromatic nitrogens is 1. The van der Waals surface area contributed by atoms with Crippen LogP contribution in [0, 0.1) is 11.3 Å². The maximum absolute atomic E-state index is 11.3. The standard InChI is InChI=1S/C12H19N3O3S2.C2HF3O2/c1-20(16,17)14-7-12-8-15(4-10(12)6-18-9-12)5-11-13-2-3-19-11;3-2(4,5)1(6)7/h2-3,10,14H,4-9H2,1H3;(H,6,7)/t10-,12+;/m1./s1. The summed E-state index contributed by atoms with van der Waals surface area (Å²) in [6.07, 6.45) is -2.06. The number of rotatable bonds is 5. The van der Waals surface area contributed by atoms with Crippen molar-refractivity contribution < 1.29 is 36.2 Å². The molecule has 0 saturated carbocycles. The normalized spacial score (nSPS) is 25.7. The number of alkyl halides is 3. The SMILES string of the molecule is CS(=O)(=O)NC[C@]12COC[C@H]1CN(Cc1nccs1)C2.O=C(O)C(F)(F)F. The van der Waals surface area contributed by atoms with Gasteiger partial charge in [-0.2, -0.15) is 13.2 Å². The molecule has 0 radical (unpaired) electrons. The highest BCUT2D eigenvalue weighted by atomic mass is 32.2. The van der Waals surface area contributed by atoms with E-state index in [9.17, 15) is 21.6 Å². The first-order valence-corrected chi connectivity index (χ1v) is 10.6. The fourth-order valence-corrected chi connectivity index (χ4v) is 4.32. The number of thiazole rings is 1. The number of carboxylic acids is 1. The van der Waals surface area contributed by atoms with Crippen LogP contribution in [0.25, 0.3) is 0 Å². The fourth-order valence-electron chi connectivity index (χ4n) is 3.11. The van der Waals surface area contributed by atoms with Gasteiger partial charge in [0.25, 0.3) is 0 Å². The number of nitrogens with one attached hydrogen (secondary N) is 1. The van der Waals surface area contributed by atoms with Crippen LogP contribution in [-0.2, 0) is 26.1 Å². The molecule has 0 spiro atoms. The van der Waals surface area contributed by atoms with Crippen LogP contribution in [0.15, 0.2) is 11.6 Å². The second kappa shape index (κ2) is 8.39. The van der Waals surface area contributed by atoms with E-state index in [0.717, 1.165) is 31.2 Å². The molecule has 0 amide bonds. The molecule has 154 valence electrons. The first-order valence-electron chi connectivity index (χ1n) is 7.84. The maximum Gasteiger partial charge on any atom is 0.490 e. The lowest BCUT2D eigenvalue weighted by molar-refractivity contribution is -0.192. The molecule has 0 aromatic carbocycles. The quantitative estimate of drug-likeness (QED) is 0.709. The van der Waals surface area contributed by atoms with Crippen molar-refractivity contribution in [1.82, 2.24) is 14.6 Å². The van der Waals surface area contributed by atoms with Gasteiger partial charge in [-0.1, -0.05) is 0 Å². The van der Waals surface area contributed by atoms with E-state index >= 15 is 0 Å². The van der Waals surface area contributed by atoms with Gasteiger partial charge in [0, 0.05) is 42.5 Å². The van der Waals surface area contributed by atoms with Crippen molar-refractivity contribution in [3.05, 3.63) is 16.6 Å². The van der Waals surface area contributed by atoms with Crippen LogP contribution in [0.4, 0.5) is 13.2 Å². The predicted molar refractivity (Wildman–Crippen MR) is 90.7 cm³/mol. The van der Waals surface area contributed by atoms with E-state index in [1.165, 1.54) is 6.26 Å². The number of likely N-dealkylation sites (tertiary alicyclic amines) is 1. The molecule has 2 N–H and O–H groups in total. The molecule has 2 fully saturated rings. The summed E-state index contributed by atoms with van der Waals surface area (Å²) in [5, 5.41) is 10.2. The summed E-state index contributed by atoms with van der Waals surface area (Å²) < 4.78 is 62.7. The monoisotopic (exact) mass is 431 g/mol. The molecule has 13 heteroatoms. The third-order valence-corrected chi connectivity index (χ3v) is 5.80. The lowest BCUT2D eigenvalue weighted by Gasteiger charge is -2.27. The van der Waals surface area contributed by atoms with E-state index in [0.29, 0.717) is 19.1 Å². The summed E-state index contributed by atoms with van der Waals surface area (Å²) in [5.41, 5.74) is -0.0830. The molecule has 2 aliphatic rings. The number of fused-ring (bicyclic) bond motifs is 1. The van der Waals surface area contributed by atoms with E-state index in [1.807, 2.05) is 11.6 Å². The van der Waals surface area contributed by atoms with Gasteiger partial charge in [-0.05, 0) is 0 Å². The van der Waals surface area contributed by atoms with E-state index in [-0.39, 0.29) is 5.41 Å². The highest BCUT2D eigenvalue weighted by molar-refractivity contribution is 7.88. The Morgan fingerprint density at radius 1 is 1.56 bits per heavy atom. The molecule has 0 bridgehead atoms. The Labute approximate surface area is 158 Å². The number of aliphatic carboxylic acids is 1. The van der Waals surface area contributed by atoms with Gasteiger partial charge in [-0.25, -0.2) is 22.9 Å². The average Bonchev–Trinajstić information content (AvgIpc) is 3.20. The second-order valence-electron chi connectivity index (χ2n) is 6.57. The number of carbonyl (C=O) groups is 1. The maximum atomic E-state index is 11.3. The molecule has 1 aromatic heterocycles. The largest absolute Gasteiger partial charge is 0.490 e. The summed E-state index contributed by atoms with van der Waals surface area (Å²) in [7, 11) is -3.16. The zero-order valence-corrected chi connectivity index (χ0v) is 16.0. The molecule has 2 atom stereocenters. The Balaban J connectivity index is 0.000000321. The van der Waals surface area contributed by atoms with Crippen molar-refractivity contribution in [3.8, 4) is 0 Å². The lowest BCUT2D eigenvalue weighted by Crippen LogP contribution is -2.42. The number of carboxylic acid groups (broad SMARTS) is 1. The minimum atomic E-state index is -5.08. The summed E-state index contributed by atoms with van der Waals surface area (Å²) in [5.74, 6) is -2.36. The number of ether oxygens (including phenoxy) is 1. The van der Waals surface area contributed by atoms with Gasteiger partial charge in [-0.3, -0.25) is 4.90 Å². The fraction of sp³-hybridized carbons (Fsp3) is 0.714. The number of nitrogens with zero attached hydrogens (tertiary/aromatic N) is 2. The minimum Gasteiger partial charge on any atom is -0.475 e. The van der Waals surface area contributed by atoms with Crippen LogP contribution in [0.3, 0.4) is 0 Å². The highest BCUT2D eigenvalue weighted by Gasteiger charge is 2.50. The van der Waals surface area contributed by atoms with Gasteiger partial charge in [0.15, 0.2) is 0 Å². The van der Waals surface area contributed by atoms with E-state index in [2.05, 4.69) is 14.6 Å². The van der Waals surface area contributed by atoms with E-state index < -0.39 is 22.2 Å². The Morgan fingerprint density at radius 3 is 2.74 bits per heavy atom. The van der Waals surface area contributed by atoms with E-state index in [4.69, 9.17) is 14.6 Å². The summed E-state index contributed by atoms with van der Waals surface area (Å²) in [4.78, 5) is 15.6. The Hall–Kier alpha value is -1.28. The molecular weight excluding hydrogens is 411 g/mol. The predicted octanol–water partition coefficient (Wildman–Crippen LogP) is 0.774. The number of sulfonamides is 1. The Kier molecular flexibility index (Phi) is 6.84. The van der Waals surface area contributed by atoms with Crippen molar-refractivity contribution in [2.75, 3.05) is 39.1 Å². The first kappa shape index (κ1) is 22.0. The zero-order valence-electron chi connectivity index (χ0n) is 14.4. The Bertz CT molecular complexity index is 742. The third kappa shape index (κ3) is 6.38. The van der Waals surface area contributed by atoms with Crippen molar-refractivity contribution in [2.24, 2.45) is 11.3 Å². The van der Waals surface area contributed by atoms with Gasteiger partial charge >= 0.3 is 12.1 Å². The van der Waals surface area contributed by atoms with Crippen molar-refractivity contribution in [3.63, 3.8) is 0 Å². The summed E-state index contributed by atoms with van der Waals surface area (Å²) >= 11 is 1.66. The lowest BCUT2D eigenvalue weighted by atomic mass is 9.81. The molecule has 1 aromatic rings.